The minimum Gasteiger partial charge on any atom is -0.465 e. The van der Waals surface area contributed by atoms with Gasteiger partial charge in [-0.1, -0.05) is 0 Å². The summed E-state index contributed by atoms with van der Waals surface area (Å²) in [6.07, 6.45) is -2.79. The molecule has 72 valence electrons. The number of esters is 1. The molecule has 0 aromatic carbocycles. The molecule has 0 atom stereocenters. The van der Waals surface area contributed by atoms with Gasteiger partial charge in [-0.15, -0.1) is 0 Å². The van der Waals surface area contributed by atoms with Crippen LogP contribution in [-0.4, -0.2) is 19.0 Å². The molecule has 0 saturated heterocycles. The van der Waals surface area contributed by atoms with Gasteiger partial charge >= 0.3 is 5.97 Å². The van der Waals surface area contributed by atoms with Crippen LogP contribution in [0.15, 0.2) is 0 Å². The Bertz CT molecular complexity index is 150. The zero-order chi connectivity index (χ0) is 9.78. The van der Waals surface area contributed by atoms with E-state index in [1.807, 2.05) is 0 Å². The number of rotatable bonds is 3. The predicted molar refractivity (Wildman–Crippen MR) is 41.0 cm³/mol. The average molecular weight is 180 g/mol. The lowest BCUT2D eigenvalue weighted by Gasteiger charge is -2.16. The van der Waals surface area contributed by atoms with Crippen LogP contribution >= 0.6 is 0 Å². The Balaban J connectivity index is 3.59. The van der Waals surface area contributed by atoms with Gasteiger partial charge in [0, 0.05) is 6.42 Å². The molecule has 0 aliphatic heterocycles. The second-order valence-corrected chi connectivity index (χ2v) is 3.57. The number of hydrogen-bond acceptors (Lipinski definition) is 2. The van der Waals surface area contributed by atoms with Gasteiger partial charge in [-0.25, -0.2) is 8.78 Å². The van der Waals surface area contributed by atoms with Gasteiger partial charge in [-0.3, -0.25) is 4.79 Å². The summed E-state index contributed by atoms with van der Waals surface area (Å²) in [5.41, 5.74) is -0.609. The highest BCUT2D eigenvalue weighted by Gasteiger charge is 2.22. The van der Waals surface area contributed by atoms with E-state index >= 15 is 0 Å². The monoisotopic (exact) mass is 180 g/mol. The maximum atomic E-state index is 11.6. The Hall–Kier alpha value is -0.670. The second kappa shape index (κ2) is 4.38. The molecule has 0 saturated carbocycles. The molecule has 0 aromatic rings. The molecule has 0 aliphatic carbocycles. The summed E-state index contributed by atoms with van der Waals surface area (Å²) in [6.45, 7) is 4.83. The fourth-order valence-corrected chi connectivity index (χ4v) is 0.457. The van der Waals surface area contributed by atoms with Crippen molar-refractivity contribution >= 4 is 5.97 Å². The molecule has 0 aromatic heterocycles. The average Bonchev–Trinajstić information content (AvgIpc) is 1.84. The van der Waals surface area contributed by atoms with Crippen molar-refractivity contribution < 1.29 is 18.3 Å². The molecule has 0 bridgehead atoms. The molecule has 2 nitrogen and oxygen atoms in total. The van der Waals surface area contributed by atoms with Gasteiger partial charge < -0.3 is 4.74 Å². The van der Waals surface area contributed by atoms with Gasteiger partial charge in [0.05, 0.1) is 12.0 Å². The van der Waals surface area contributed by atoms with E-state index in [2.05, 4.69) is 4.74 Å². The van der Waals surface area contributed by atoms with E-state index in [4.69, 9.17) is 0 Å². The van der Waals surface area contributed by atoms with E-state index in [0.717, 1.165) is 0 Å². The molecule has 0 amide bonds. The molecule has 4 heteroatoms. The molecule has 0 aliphatic rings. The third-order valence-corrected chi connectivity index (χ3v) is 1.18. The van der Waals surface area contributed by atoms with E-state index in [1.54, 1.807) is 20.8 Å². The van der Waals surface area contributed by atoms with Gasteiger partial charge in [0.1, 0.15) is 0 Å². The van der Waals surface area contributed by atoms with E-state index in [0.29, 0.717) is 0 Å². The van der Waals surface area contributed by atoms with Crippen LogP contribution in [0.3, 0.4) is 0 Å². The highest BCUT2D eigenvalue weighted by atomic mass is 19.3. The smallest absolute Gasteiger partial charge is 0.311 e. The van der Waals surface area contributed by atoms with Gasteiger partial charge in [0.2, 0.25) is 6.43 Å². The van der Waals surface area contributed by atoms with Crippen molar-refractivity contribution in [3.63, 3.8) is 0 Å². The molecule has 0 N–H and O–H groups in total. The first-order valence-corrected chi connectivity index (χ1v) is 3.79. The van der Waals surface area contributed by atoms with E-state index < -0.39 is 17.8 Å². The van der Waals surface area contributed by atoms with Gasteiger partial charge in [0.15, 0.2) is 0 Å². The van der Waals surface area contributed by atoms with Crippen molar-refractivity contribution in [2.75, 3.05) is 6.61 Å². The normalized spacial score (nSPS) is 11.8. The summed E-state index contributed by atoms with van der Waals surface area (Å²) >= 11 is 0. The van der Waals surface area contributed by atoms with Crippen LogP contribution < -0.4 is 0 Å². The maximum absolute atomic E-state index is 11.6. The lowest BCUT2D eigenvalue weighted by atomic mass is 9.97. The molecule has 0 unspecified atom stereocenters. The first-order chi connectivity index (χ1) is 5.34. The largest absolute Gasteiger partial charge is 0.465 e. The molecule has 0 heterocycles. The highest BCUT2D eigenvalue weighted by molar-refractivity contribution is 5.75. The van der Waals surface area contributed by atoms with E-state index in [1.165, 1.54) is 0 Å². The van der Waals surface area contributed by atoms with E-state index in [9.17, 15) is 13.6 Å². The minimum atomic E-state index is -2.40. The Morgan fingerprint density at radius 2 is 1.92 bits per heavy atom. The summed E-state index contributed by atoms with van der Waals surface area (Å²) in [4.78, 5) is 11.0. The molecule has 12 heavy (non-hydrogen) atoms. The third kappa shape index (κ3) is 5.04. The van der Waals surface area contributed by atoms with Crippen LogP contribution in [0.25, 0.3) is 0 Å². The fraction of sp³-hybridized carbons (Fsp3) is 0.875. The van der Waals surface area contributed by atoms with Crippen molar-refractivity contribution in [1.82, 2.24) is 0 Å². The van der Waals surface area contributed by atoms with Crippen molar-refractivity contribution in [3.8, 4) is 0 Å². The van der Waals surface area contributed by atoms with Crippen LogP contribution in [0.2, 0.25) is 0 Å². The molecule has 0 fully saturated rings. The first-order valence-electron chi connectivity index (χ1n) is 3.79. The second-order valence-electron chi connectivity index (χ2n) is 3.57. The molecular weight excluding hydrogens is 166 g/mol. The number of carbonyl (C=O) groups is 1. The molecule has 0 spiro atoms. The third-order valence-electron chi connectivity index (χ3n) is 1.18. The maximum Gasteiger partial charge on any atom is 0.311 e. The van der Waals surface area contributed by atoms with Crippen molar-refractivity contribution in [2.45, 2.75) is 33.6 Å². The van der Waals surface area contributed by atoms with Gasteiger partial charge in [-0.05, 0) is 20.8 Å². The van der Waals surface area contributed by atoms with Crippen molar-refractivity contribution in [3.05, 3.63) is 0 Å². The van der Waals surface area contributed by atoms with Crippen LogP contribution in [0.5, 0.6) is 0 Å². The Morgan fingerprint density at radius 3 is 2.25 bits per heavy atom. The van der Waals surface area contributed by atoms with Gasteiger partial charge in [0.25, 0.3) is 0 Å². The molecule has 0 rings (SSSR count). The minimum absolute atomic E-state index is 0.201. The Labute approximate surface area is 70.9 Å². The summed E-state index contributed by atoms with van der Waals surface area (Å²) in [7, 11) is 0. The number of alkyl halides is 2. The highest BCUT2D eigenvalue weighted by Crippen LogP contribution is 2.15. The van der Waals surface area contributed by atoms with E-state index in [-0.39, 0.29) is 13.0 Å². The van der Waals surface area contributed by atoms with Crippen LogP contribution in [0, 0.1) is 5.41 Å². The Kier molecular flexibility index (Phi) is 4.13. The quantitative estimate of drug-likeness (QED) is 0.622. The van der Waals surface area contributed by atoms with Crippen LogP contribution in [0.4, 0.5) is 8.78 Å². The lowest BCUT2D eigenvalue weighted by molar-refractivity contribution is -0.153. The van der Waals surface area contributed by atoms with Crippen molar-refractivity contribution in [2.24, 2.45) is 5.41 Å². The number of halogens is 2. The molecular formula is C8H14F2O2. The molecule has 0 radical (unpaired) electrons. The standard InChI is InChI=1S/C8H14F2O2/c1-8(2,3)7(11)12-5-4-6(9)10/h6H,4-5H2,1-3H3. The Morgan fingerprint density at radius 1 is 1.42 bits per heavy atom. The SMILES string of the molecule is CC(C)(C)C(=O)OCCC(F)F. The topological polar surface area (TPSA) is 26.3 Å². The summed E-state index contributed by atoms with van der Waals surface area (Å²) in [5, 5.41) is 0. The summed E-state index contributed by atoms with van der Waals surface area (Å²) < 4.78 is 27.8. The number of hydrogen-bond donors (Lipinski definition) is 0. The number of carbonyl (C=O) groups excluding carboxylic acids is 1. The predicted octanol–water partition coefficient (Wildman–Crippen LogP) is 2.23. The summed E-state index contributed by atoms with van der Waals surface area (Å²) in [6, 6.07) is 0. The van der Waals surface area contributed by atoms with Crippen LogP contribution in [-0.2, 0) is 9.53 Å². The zero-order valence-electron chi connectivity index (χ0n) is 7.56. The van der Waals surface area contributed by atoms with Crippen molar-refractivity contribution in [1.29, 1.82) is 0 Å². The summed E-state index contributed by atoms with van der Waals surface area (Å²) in [5.74, 6) is -0.442. The zero-order valence-corrected chi connectivity index (χ0v) is 7.56. The number of ether oxygens (including phenoxy) is 1. The first kappa shape index (κ1) is 11.3. The van der Waals surface area contributed by atoms with Crippen LogP contribution in [0.1, 0.15) is 27.2 Å². The van der Waals surface area contributed by atoms with Gasteiger partial charge in [-0.2, -0.15) is 0 Å². The fourth-order valence-electron chi connectivity index (χ4n) is 0.457. The lowest BCUT2D eigenvalue weighted by Crippen LogP contribution is -2.23.